The van der Waals surface area contributed by atoms with Crippen LogP contribution in [0.25, 0.3) is 10.9 Å². The molecule has 1 aliphatic carbocycles. The van der Waals surface area contributed by atoms with Crippen molar-refractivity contribution in [3.63, 3.8) is 0 Å². The van der Waals surface area contributed by atoms with Gasteiger partial charge in [0, 0.05) is 27.2 Å². The van der Waals surface area contributed by atoms with Crippen LogP contribution in [0.5, 0.6) is 5.75 Å². The van der Waals surface area contributed by atoms with Crippen molar-refractivity contribution in [1.29, 1.82) is 0 Å². The van der Waals surface area contributed by atoms with Crippen LogP contribution in [0.2, 0.25) is 0 Å². The van der Waals surface area contributed by atoms with Crippen LogP contribution < -0.4 is 10.1 Å². The SMILES string of the molecule is COc1cccc(C(=O)Nc2ccc(SCC(=O)n3c4c(c5ccccc53)CCCC4)cc2)c1. The fourth-order valence-electron chi connectivity index (χ4n) is 4.59. The molecule has 0 saturated heterocycles. The van der Waals surface area contributed by atoms with Crippen molar-refractivity contribution in [3.8, 4) is 5.75 Å². The molecule has 0 radical (unpaired) electrons. The summed E-state index contributed by atoms with van der Waals surface area (Å²) in [4.78, 5) is 26.8. The summed E-state index contributed by atoms with van der Waals surface area (Å²) in [5.74, 6) is 0.917. The molecule has 0 saturated carbocycles. The first-order valence-electron chi connectivity index (χ1n) is 11.5. The number of benzene rings is 3. The minimum Gasteiger partial charge on any atom is -0.497 e. The number of nitrogens with zero attached hydrogens (tertiary/aromatic N) is 1. The van der Waals surface area contributed by atoms with Crippen LogP contribution in [0.15, 0.2) is 77.7 Å². The monoisotopic (exact) mass is 470 g/mol. The quantitative estimate of drug-likeness (QED) is 0.340. The smallest absolute Gasteiger partial charge is 0.255 e. The number of fused-ring (bicyclic) bond motifs is 3. The maximum absolute atomic E-state index is 13.3. The number of carbonyl (C=O) groups is 2. The molecule has 3 aromatic carbocycles. The van der Waals surface area contributed by atoms with Crippen LogP contribution in [-0.2, 0) is 12.8 Å². The fourth-order valence-corrected chi connectivity index (χ4v) is 5.34. The number of aryl methyl sites for hydroxylation is 1. The molecule has 172 valence electrons. The summed E-state index contributed by atoms with van der Waals surface area (Å²) >= 11 is 1.52. The molecule has 1 heterocycles. The van der Waals surface area contributed by atoms with Gasteiger partial charge in [0.15, 0.2) is 0 Å². The summed E-state index contributed by atoms with van der Waals surface area (Å²) in [6.07, 6.45) is 4.33. The average molecular weight is 471 g/mol. The third-order valence-electron chi connectivity index (χ3n) is 6.23. The van der Waals surface area contributed by atoms with E-state index in [2.05, 4.69) is 23.5 Å². The lowest BCUT2D eigenvalue weighted by molar-refractivity contribution is 0.0942. The Morgan fingerprint density at radius 3 is 2.59 bits per heavy atom. The highest BCUT2D eigenvalue weighted by atomic mass is 32.2. The number of para-hydroxylation sites is 1. The van der Waals surface area contributed by atoms with E-state index in [1.807, 2.05) is 34.9 Å². The maximum atomic E-state index is 13.3. The van der Waals surface area contributed by atoms with Gasteiger partial charge in [-0.15, -0.1) is 11.8 Å². The van der Waals surface area contributed by atoms with Gasteiger partial charge >= 0.3 is 0 Å². The summed E-state index contributed by atoms with van der Waals surface area (Å²) < 4.78 is 7.13. The molecule has 0 aliphatic heterocycles. The Labute approximate surface area is 203 Å². The number of amides is 1. The van der Waals surface area contributed by atoms with Gasteiger partial charge < -0.3 is 10.1 Å². The largest absolute Gasteiger partial charge is 0.497 e. The van der Waals surface area contributed by atoms with Gasteiger partial charge in [0.1, 0.15) is 5.75 Å². The Balaban J connectivity index is 1.26. The van der Waals surface area contributed by atoms with Crippen LogP contribution in [0.3, 0.4) is 0 Å². The molecule has 0 fully saturated rings. The van der Waals surface area contributed by atoms with Crippen molar-refractivity contribution in [2.24, 2.45) is 0 Å². The van der Waals surface area contributed by atoms with E-state index < -0.39 is 0 Å². The van der Waals surface area contributed by atoms with Crippen LogP contribution in [0, 0.1) is 0 Å². The van der Waals surface area contributed by atoms with Gasteiger partial charge in [-0.25, -0.2) is 0 Å². The number of rotatable bonds is 6. The second kappa shape index (κ2) is 9.77. The molecular formula is C28H26N2O3S. The van der Waals surface area contributed by atoms with Gasteiger partial charge in [-0.2, -0.15) is 0 Å². The zero-order chi connectivity index (χ0) is 23.5. The highest BCUT2D eigenvalue weighted by molar-refractivity contribution is 8.00. The Kier molecular flexibility index (Phi) is 6.41. The molecule has 1 aromatic heterocycles. The Hall–Kier alpha value is -3.51. The van der Waals surface area contributed by atoms with Crippen molar-refractivity contribution in [3.05, 3.63) is 89.6 Å². The van der Waals surface area contributed by atoms with E-state index in [0.717, 1.165) is 29.7 Å². The fraction of sp³-hybridized carbons (Fsp3) is 0.214. The number of thioether (sulfide) groups is 1. The van der Waals surface area contributed by atoms with Crippen LogP contribution in [-0.4, -0.2) is 29.2 Å². The molecule has 5 nitrogen and oxygen atoms in total. The topological polar surface area (TPSA) is 60.3 Å². The average Bonchev–Trinajstić information content (AvgIpc) is 3.23. The van der Waals surface area contributed by atoms with E-state index in [1.165, 1.54) is 34.8 Å². The number of carbonyl (C=O) groups excluding carboxylic acids is 2. The molecule has 0 bridgehead atoms. The standard InChI is InChI=1S/C28H26N2O3S/c1-33-21-8-6-7-19(17-21)28(32)29-20-13-15-22(16-14-20)34-18-27(31)30-25-11-4-2-9-23(25)24-10-3-5-12-26(24)30/h2,4,6-9,11,13-17H,3,5,10,12,18H2,1H3,(H,29,32). The third kappa shape index (κ3) is 4.46. The van der Waals surface area contributed by atoms with Crippen molar-refractivity contribution in [2.75, 3.05) is 18.2 Å². The van der Waals surface area contributed by atoms with Crippen LogP contribution in [0.4, 0.5) is 5.69 Å². The van der Waals surface area contributed by atoms with Gasteiger partial charge in [0.25, 0.3) is 5.91 Å². The van der Waals surface area contributed by atoms with Gasteiger partial charge in [-0.1, -0.05) is 24.3 Å². The minimum atomic E-state index is -0.196. The molecule has 4 aromatic rings. The zero-order valence-electron chi connectivity index (χ0n) is 19.0. The first-order chi connectivity index (χ1) is 16.6. The molecule has 6 heteroatoms. The number of aromatic nitrogens is 1. The van der Waals surface area contributed by atoms with Crippen LogP contribution >= 0.6 is 11.8 Å². The highest BCUT2D eigenvalue weighted by Gasteiger charge is 2.23. The zero-order valence-corrected chi connectivity index (χ0v) is 19.9. The van der Waals surface area contributed by atoms with Gasteiger partial charge in [-0.05, 0) is 79.8 Å². The van der Waals surface area contributed by atoms with Crippen LogP contribution in [0.1, 0.15) is 39.3 Å². The molecule has 5 rings (SSSR count). The van der Waals surface area contributed by atoms with Crippen molar-refractivity contribution < 1.29 is 14.3 Å². The number of hydrogen-bond acceptors (Lipinski definition) is 4. The maximum Gasteiger partial charge on any atom is 0.255 e. The van der Waals surface area contributed by atoms with Crippen molar-refractivity contribution in [1.82, 2.24) is 4.57 Å². The number of hydrogen-bond donors (Lipinski definition) is 1. The molecule has 0 spiro atoms. The summed E-state index contributed by atoms with van der Waals surface area (Å²) in [6.45, 7) is 0. The lowest BCUT2D eigenvalue weighted by Crippen LogP contribution is -2.18. The van der Waals surface area contributed by atoms with E-state index in [0.29, 0.717) is 22.8 Å². The second-order valence-electron chi connectivity index (χ2n) is 8.38. The Bertz CT molecular complexity index is 1360. The van der Waals surface area contributed by atoms with E-state index in [1.54, 1.807) is 31.4 Å². The first kappa shape index (κ1) is 22.3. The Morgan fingerprint density at radius 2 is 1.76 bits per heavy atom. The van der Waals surface area contributed by atoms with E-state index in [4.69, 9.17) is 4.74 Å². The van der Waals surface area contributed by atoms with Gasteiger partial charge in [0.05, 0.1) is 18.4 Å². The molecule has 1 N–H and O–H groups in total. The highest BCUT2D eigenvalue weighted by Crippen LogP contribution is 2.33. The van der Waals surface area contributed by atoms with Crippen molar-refractivity contribution >= 4 is 40.2 Å². The summed E-state index contributed by atoms with van der Waals surface area (Å²) in [7, 11) is 1.58. The predicted molar refractivity (Wildman–Crippen MR) is 137 cm³/mol. The Morgan fingerprint density at radius 1 is 0.971 bits per heavy atom. The lowest BCUT2D eigenvalue weighted by Gasteiger charge is -2.15. The third-order valence-corrected chi connectivity index (χ3v) is 7.23. The number of methoxy groups -OCH3 is 1. The molecular weight excluding hydrogens is 444 g/mol. The molecule has 0 unspecified atom stereocenters. The molecule has 34 heavy (non-hydrogen) atoms. The molecule has 1 aliphatic rings. The number of anilines is 1. The lowest BCUT2D eigenvalue weighted by atomic mass is 9.96. The van der Waals surface area contributed by atoms with Gasteiger partial charge in [0.2, 0.25) is 5.91 Å². The summed E-state index contributed by atoms with van der Waals surface area (Å²) in [5, 5.41) is 4.12. The predicted octanol–water partition coefficient (Wildman–Crippen LogP) is 6.21. The number of ether oxygens (including phenoxy) is 1. The first-order valence-corrected chi connectivity index (χ1v) is 12.5. The van der Waals surface area contributed by atoms with Crippen molar-refractivity contribution in [2.45, 2.75) is 30.6 Å². The molecule has 1 amide bonds. The van der Waals surface area contributed by atoms with E-state index in [9.17, 15) is 9.59 Å². The molecule has 0 atom stereocenters. The van der Waals surface area contributed by atoms with E-state index >= 15 is 0 Å². The second-order valence-corrected chi connectivity index (χ2v) is 9.43. The normalized spacial score (nSPS) is 12.9. The van der Waals surface area contributed by atoms with Gasteiger partial charge in [-0.3, -0.25) is 14.2 Å². The van der Waals surface area contributed by atoms with E-state index in [-0.39, 0.29) is 11.8 Å². The summed E-state index contributed by atoms with van der Waals surface area (Å²) in [6, 6.07) is 22.9. The number of nitrogens with one attached hydrogen (secondary N) is 1. The summed E-state index contributed by atoms with van der Waals surface area (Å²) in [5.41, 5.74) is 4.79. The minimum absolute atomic E-state index is 0.111.